The Morgan fingerprint density at radius 1 is 1.58 bits per heavy atom. The first-order valence-electron chi connectivity index (χ1n) is 4.08. The Bertz CT molecular complexity index is 231. The lowest BCUT2D eigenvalue weighted by Crippen LogP contribution is -2.05. The van der Waals surface area contributed by atoms with Gasteiger partial charge < -0.3 is 10.5 Å². The molecule has 3 heteroatoms. The predicted octanol–water partition coefficient (Wildman–Crippen LogP) is 1.50. The molecule has 0 radical (unpaired) electrons. The summed E-state index contributed by atoms with van der Waals surface area (Å²) in [5.41, 5.74) is 6.68. The third kappa shape index (κ3) is 2.20. The van der Waals surface area contributed by atoms with Crippen LogP contribution in [0.2, 0.25) is 0 Å². The molecule has 1 rings (SSSR count). The highest BCUT2D eigenvalue weighted by Gasteiger charge is 1.99. The van der Waals surface area contributed by atoms with Crippen LogP contribution in [0.25, 0.3) is 0 Å². The standard InChI is InChI=1S/C9H14N2O/c1-3-12-9-5-4-8(6-11-9)7(2)10/h4-7H,3,10H2,1-2H3/t7-/m1/s1. The first kappa shape index (κ1) is 9.00. The van der Waals surface area contributed by atoms with Gasteiger partial charge in [-0.25, -0.2) is 4.98 Å². The highest BCUT2D eigenvalue weighted by Crippen LogP contribution is 2.11. The van der Waals surface area contributed by atoms with Crippen molar-refractivity contribution in [3.05, 3.63) is 23.9 Å². The molecule has 0 saturated heterocycles. The minimum atomic E-state index is 0.0353. The maximum atomic E-state index is 5.66. The zero-order valence-electron chi connectivity index (χ0n) is 7.45. The van der Waals surface area contributed by atoms with Gasteiger partial charge in [0, 0.05) is 18.3 Å². The van der Waals surface area contributed by atoms with Gasteiger partial charge in [-0.05, 0) is 19.4 Å². The Morgan fingerprint density at radius 2 is 2.33 bits per heavy atom. The molecule has 0 aliphatic carbocycles. The molecule has 2 N–H and O–H groups in total. The van der Waals surface area contributed by atoms with Gasteiger partial charge in [-0.15, -0.1) is 0 Å². The van der Waals surface area contributed by atoms with Gasteiger partial charge >= 0.3 is 0 Å². The molecule has 1 aromatic rings. The van der Waals surface area contributed by atoms with Crippen molar-refractivity contribution in [3.63, 3.8) is 0 Å². The smallest absolute Gasteiger partial charge is 0.213 e. The van der Waals surface area contributed by atoms with Crippen LogP contribution in [0.3, 0.4) is 0 Å². The number of rotatable bonds is 3. The lowest BCUT2D eigenvalue weighted by molar-refractivity contribution is 0.326. The minimum absolute atomic E-state index is 0.0353. The molecule has 0 spiro atoms. The van der Waals surface area contributed by atoms with Crippen molar-refractivity contribution in [2.24, 2.45) is 5.73 Å². The summed E-state index contributed by atoms with van der Waals surface area (Å²) in [5, 5.41) is 0. The molecule has 0 amide bonds. The maximum Gasteiger partial charge on any atom is 0.213 e. The van der Waals surface area contributed by atoms with E-state index in [1.807, 2.05) is 26.0 Å². The minimum Gasteiger partial charge on any atom is -0.478 e. The zero-order chi connectivity index (χ0) is 8.97. The van der Waals surface area contributed by atoms with Crippen molar-refractivity contribution in [2.75, 3.05) is 6.61 Å². The van der Waals surface area contributed by atoms with E-state index in [0.717, 1.165) is 5.56 Å². The van der Waals surface area contributed by atoms with E-state index in [1.54, 1.807) is 6.20 Å². The fourth-order valence-corrected chi connectivity index (χ4v) is 0.894. The summed E-state index contributed by atoms with van der Waals surface area (Å²) in [7, 11) is 0. The summed E-state index contributed by atoms with van der Waals surface area (Å²) in [5.74, 6) is 0.655. The molecule has 1 atom stereocenters. The van der Waals surface area contributed by atoms with Crippen LogP contribution in [0.15, 0.2) is 18.3 Å². The number of aromatic nitrogens is 1. The number of nitrogens with two attached hydrogens (primary N) is 1. The number of hydrogen-bond donors (Lipinski definition) is 1. The van der Waals surface area contributed by atoms with Gasteiger partial charge in [0.15, 0.2) is 0 Å². The summed E-state index contributed by atoms with van der Waals surface area (Å²) in [6.45, 7) is 4.50. The summed E-state index contributed by atoms with van der Waals surface area (Å²) in [6.07, 6.45) is 1.75. The van der Waals surface area contributed by atoms with Crippen molar-refractivity contribution in [1.82, 2.24) is 4.98 Å². The molecule has 1 aromatic heterocycles. The normalized spacial score (nSPS) is 12.6. The quantitative estimate of drug-likeness (QED) is 0.740. The Balaban J connectivity index is 2.71. The molecule has 0 fully saturated rings. The van der Waals surface area contributed by atoms with Gasteiger partial charge in [-0.3, -0.25) is 0 Å². The lowest BCUT2D eigenvalue weighted by Gasteiger charge is -2.05. The average molecular weight is 166 g/mol. The van der Waals surface area contributed by atoms with Crippen LogP contribution in [-0.4, -0.2) is 11.6 Å². The van der Waals surface area contributed by atoms with Crippen molar-refractivity contribution in [3.8, 4) is 5.88 Å². The van der Waals surface area contributed by atoms with Gasteiger partial charge in [0.05, 0.1) is 6.61 Å². The summed E-state index contributed by atoms with van der Waals surface area (Å²) >= 11 is 0. The fraction of sp³-hybridized carbons (Fsp3) is 0.444. The van der Waals surface area contributed by atoms with Crippen molar-refractivity contribution >= 4 is 0 Å². The van der Waals surface area contributed by atoms with Crippen LogP contribution in [0.1, 0.15) is 25.5 Å². The van der Waals surface area contributed by atoms with E-state index >= 15 is 0 Å². The van der Waals surface area contributed by atoms with Gasteiger partial charge in [-0.1, -0.05) is 6.07 Å². The third-order valence-electron chi connectivity index (χ3n) is 1.58. The van der Waals surface area contributed by atoms with Crippen LogP contribution < -0.4 is 10.5 Å². The molecule has 12 heavy (non-hydrogen) atoms. The van der Waals surface area contributed by atoms with Crippen molar-refractivity contribution in [1.29, 1.82) is 0 Å². The monoisotopic (exact) mass is 166 g/mol. The van der Waals surface area contributed by atoms with E-state index in [9.17, 15) is 0 Å². The van der Waals surface area contributed by atoms with E-state index in [4.69, 9.17) is 10.5 Å². The van der Waals surface area contributed by atoms with Gasteiger partial charge in [0.25, 0.3) is 0 Å². The first-order valence-corrected chi connectivity index (χ1v) is 4.08. The van der Waals surface area contributed by atoms with Gasteiger partial charge in [0.1, 0.15) is 0 Å². The molecule has 0 aliphatic rings. The van der Waals surface area contributed by atoms with E-state index < -0.39 is 0 Å². The van der Waals surface area contributed by atoms with Gasteiger partial charge in [0.2, 0.25) is 5.88 Å². The van der Waals surface area contributed by atoms with Crippen molar-refractivity contribution < 1.29 is 4.74 Å². The highest BCUT2D eigenvalue weighted by atomic mass is 16.5. The maximum absolute atomic E-state index is 5.66. The molecule has 0 unspecified atom stereocenters. The van der Waals surface area contributed by atoms with Crippen LogP contribution in [0, 0.1) is 0 Å². The van der Waals surface area contributed by atoms with Crippen LogP contribution in [0.4, 0.5) is 0 Å². The molecule has 0 aliphatic heterocycles. The van der Waals surface area contributed by atoms with E-state index in [2.05, 4.69) is 4.98 Å². The first-order chi connectivity index (χ1) is 5.74. The largest absolute Gasteiger partial charge is 0.478 e. The Labute approximate surface area is 72.6 Å². The summed E-state index contributed by atoms with van der Waals surface area (Å²) < 4.78 is 5.19. The molecule has 0 bridgehead atoms. The second-order valence-corrected chi connectivity index (χ2v) is 2.65. The SMILES string of the molecule is CCOc1ccc([C@@H](C)N)cn1. The predicted molar refractivity (Wildman–Crippen MR) is 48.0 cm³/mol. The van der Waals surface area contributed by atoms with Crippen LogP contribution in [-0.2, 0) is 0 Å². The second kappa shape index (κ2) is 4.07. The highest BCUT2D eigenvalue weighted by molar-refractivity contribution is 5.19. The molecule has 3 nitrogen and oxygen atoms in total. The molecule has 0 saturated carbocycles. The Kier molecular flexibility index (Phi) is 3.05. The molecule has 1 heterocycles. The molecule has 66 valence electrons. The zero-order valence-corrected chi connectivity index (χ0v) is 7.45. The van der Waals surface area contributed by atoms with Crippen LogP contribution >= 0.6 is 0 Å². The Hall–Kier alpha value is -1.09. The topological polar surface area (TPSA) is 48.1 Å². The third-order valence-corrected chi connectivity index (χ3v) is 1.58. The Morgan fingerprint density at radius 3 is 2.75 bits per heavy atom. The number of hydrogen-bond acceptors (Lipinski definition) is 3. The van der Waals surface area contributed by atoms with E-state index in [1.165, 1.54) is 0 Å². The average Bonchev–Trinajstić information content (AvgIpc) is 2.06. The summed E-state index contributed by atoms with van der Waals surface area (Å²) in [4.78, 5) is 4.09. The number of nitrogens with zero attached hydrogens (tertiary/aromatic N) is 1. The van der Waals surface area contributed by atoms with E-state index in [0.29, 0.717) is 12.5 Å². The second-order valence-electron chi connectivity index (χ2n) is 2.65. The number of ether oxygens (including phenoxy) is 1. The summed E-state index contributed by atoms with van der Waals surface area (Å²) in [6, 6.07) is 3.80. The molecular weight excluding hydrogens is 152 g/mol. The van der Waals surface area contributed by atoms with Gasteiger partial charge in [-0.2, -0.15) is 0 Å². The number of pyridine rings is 1. The fourth-order valence-electron chi connectivity index (χ4n) is 0.894. The lowest BCUT2D eigenvalue weighted by atomic mass is 10.2. The molecule has 0 aromatic carbocycles. The molecular formula is C9H14N2O. The van der Waals surface area contributed by atoms with E-state index in [-0.39, 0.29) is 6.04 Å². The van der Waals surface area contributed by atoms with Crippen molar-refractivity contribution in [2.45, 2.75) is 19.9 Å². The van der Waals surface area contributed by atoms with Crippen LogP contribution in [0.5, 0.6) is 5.88 Å².